The van der Waals surface area contributed by atoms with Crippen molar-refractivity contribution >= 4 is 5.97 Å². The second kappa shape index (κ2) is 6.14. The summed E-state index contributed by atoms with van der Waals surface area (Å²) in [6, 6.07) is 11.6. The Kier molecular flexibility index (Phi) is 4.29. The van der Waals surface area contributed by atoms with E-state index in [1.807, 2.05) is 50.2 Å². The molecule has 2 rings (SSSR count). The number of carbonyl (C=O) groups excluding carboxylic acids is 1. The van der Waals surface area contributed by atoms with Gasteiger partial charge in [-0.05, 0) is 23.1 Å². The molecule has 1 aromatic heterocycles. The van der Waals surface area contributed by atoms with Crippen LogP contribution in [0.3, 0.4) is 0 Å². The first-order valence-corrected chi connectivity index (χ1v) is 6.35. The van der Waals surface area contributed by atoms with Gasteiger partial charge in [0, 0.05) is 12.4 Å². The van der Waals surface area contributed by atoms with Gasteiger partial charge in [-0.3, -0.25) is 4.98 Å². The van der Waals surface area contributed by atoms with Crippen LogP contribution in [0.2, 0.25) is 0 Å². The largest absolute Gasteiger partial charge is 0.462 e. The van der Waals surface area contributed by atoms with Crippen molar-refractivity contribution in [3.05, 3.63) is 54.4 Å². The predicted molar refractivity (Wildman–Crippen MR) is 74.8 cm³/mol. The molecule has 0 aliphatic rings. The highest BCUT2D eigenvalue weighted by Crippen LogP contribution is 2.23. The molecule has 0 spiro atoms. The fourth-order valence-electron chi connectivity index (χ4n) is 1.75. The predicted octanol–water partition coefficient (Wildman–Crippen LogP) is 3.56. The zero-order chi connectivity index (χ0) is 13.7. The Morgan fingerprint density at radius 1 is 1.21 bits per heavy atom. The van der Waals surface area contributed by atoms with Crippen LogP contribution in [0.15, 0.2) is 48.8 Å². The summed E-state index contributed by atoms with van der Waals surface area (Å²) < 4.78 is 5.27. The Balaban J connectivity index is 2.29. The number of benzene rings is 1. The van der Waals surface area contributed by atoms with E-state index in [1.54, 1.807) is 12.4 Å². The Labute approximate surface area is 113 Å². The second-order valence-electron chi connectivity index (χ2n) is 4.78. The third kappa shape index (κ3) is 3.41. The molecule has 0 atom stereocenters. The van der Waals surface area contributed by atoms with Crippen molar-refractivity contribution in [2.45, 2.75) is 13.8 Å². The molecule has 2 aromatic rings. The fourth-order valence-corrected chi connectivity index (χ4v) is 1.75. The first-order chi connectivity index (χ1) is 9.18. The molecular weight excluding hydrogens is 238 g/mol. The van der Waals surface area contributed by atoms with Crippen molar-refractivity contribution in [2.24, 2.45) is 5.92 Å². The topological polar surface area (TPSA) is 39.2 Å². The van der Waals surface area contributed by atoms with Crippen LogP contribution in [-0.4, -0.2) is 17.6 Å². The molecule has 98 valence electrons. The normalized spacial score (nSPS) is 10.5. The van der Waals surface area contributed by atoms with Gasteiger partial charge in [0.15, 0.2) is 0 Å². The van der Waals surface area contributed by atoms with Gasteiger partial charge in [0.05, 0.1) is 12.2 Å². The van der Waals surface area contributed by atoms with E-state index in [-0.39, 0.29) is 5.97 Å². The summed E-state index contributed by atoms with van der Waals surface area (Å²) >= 11 is 0. The number of hydrogen-bond donors (Lipinski definition) is 0. The van der Waals surface area contributed by atoms with Crippen LogP contribution in [0.4, 0.5) is 0 Å². The molecule has 0 N–H and O–H groups in total. The van der Waals surface area contributed by atoms with E-state index < -0.39 is 0 Å². The van der Waals surface area contributed by atoms with Crippen LogP contribution in [0, 0.1) is 5.92 Å². The van der Waals surface area contributed by atoms with Crippen molar-refractivity contribution in [1.82, 2.24) is 4.98 Å². The molecule has 0 fully saturated rings. The monoisotopic (exact) mass is 255 g/mol. The van der Waals surface area contributed by atoms with E-state index in [2.05, 4.69) is 4.98 Å². The standard InChI is InChI=1S/C16H17NO2/c1-12(2)11-19-16(18)15-10-17-9-8-14(15)13-6-4-3-5-7-13/h3-10,12H,11H2,1-2H3. The third-order valence-electron chi connectivity index (χ3n) is 2.67. The maximum atomic E-state index is 12.1. The average Bonchev–Trinajstić information content (AvgIpc) is 2.45. The van der Waals surface area contributed by atoms with E-state index >= 15 is 0 Å². The molecular formula is C16H17NO2. The summed E-state index contributed by atoms with van der Waals surface area (Å²) in [5, 5.41) is 0. The minimum atomic E-state index is -0.319. The molecule has 0 unspecified atom stereocenters. The molecule has 3 heteroatoms. The quantitative estimate of drug-likeness (QED) is 0.784. The molecule has 0 saturated heterocycles. The number of hydrogen-bond acceptors (Lipinski definition) is 3. The Hall–Kier alpha value is -2.16. The minimum absolute atomic E-state index is 0.319. The van der Waals surface area contributed by atoms with Crippen molar-refractivity contribution in [2.75, 3.05) is 6.61 Å². The highest BCUT2D eigenvalue weighted by atomic mass is 16.5. The summed E-state index contributed by atoms with van der Waals surface area (Å²) in [6.45, 7) is 4.44. The molecule has 0 aliphatic carbocycles. The van der Waals surface area contributed by atoms with Crippen molar-refractivity contribution in [1.29, 1.82) is 0 Å². The molecule has 0 amide bonds. The molecule has 0 aliphatic heterocycles. The number of carbonyl (C=O) groups is 1. The number of ether oxygens (including phenoxy) is 1. The highest BCUT2D eigenvalue weighted by molar-refractivity contribution is 5.96. The minimum Gasteiger partial charge on any atom is -0.462 e. The SMILES string of the molecule is CC(C)COC(=O)c1cnccc1-c1ccccc1. The number of pyridine rings is 1. The van der Waals surface area contributed by atoms with E-state index in [4.69, 9.17) is 4.74 Å². The summed E-state index contributed by atoms with van der Waals surface area (Å²) in [5.74, 6) is 0.00134. The van der Waals surface area contributed by atoms with Gasteiger partial charge < -0.3 is 4.74 Å². The smallest absolute Gasteiger partial charge is 0.340 e. The first-order valence-electron chi connectivity index (χ1n) is 6.35. The number of rotatable bonds is 4. The summed E-state index contributed by atoms with van der Waals surface area (Å²) in [5.41, 5.74) is 2.35. The number of aromatic nitrogens is 1. The number of nitrogens with zero attached hydrogens (tertiary/aromatic N) is 1. The van der Waals surface area contributed by atoms with Crippen LogP contribution in [-0.2, 0) is 4.74 Å². The molecule has 0 bridgehead atoms. The lowest BCUT2D eigenvalue weighted by molar-refractivity contribution is 0.0459. The van der Waals surface area contributed by atoms with Crippen LogP contribution in [0.1, 0.15) is 24.2 Å². The molecule has 0 radical (unpaired) electrons. The van der Waals surface area contributed by atoms with Gasteiger partial charge >= 0.3 is 5.97 Å². The van der Waals surface area contributed by atoms with E-state index in [0.717, 1.165) is 11.1 Å². The maximum Gasteiger partial charge on any atom is 0.340 e. The highest BCUT2D eigenvalue weighted by Gasteiger charge is 2.14. The Morgan fingerprint density at radius 2 is 1.95 bits per heavy atom. The summed E-state index contributed by atoms with van der Waals surface area (Å²) in [6.07, 6.45) is 3.24. The van der Waals surface area contributed by atoms with E-state index in [1.165, 1.54) is 0 Å². The molecule has 0 saturated carbocycles. The number of esters is 1. The van der Waals surface area contributed by atoms with E-state index in [9.17, 15) is 4.79 Å². The lowest BCUT2D eigenvalue weighted by Gasteiger charge is -2.10. The van der Waals surface area contributed by atoms with Gasteiger partial charge in [-0.25, -0.2) is 4.79 Å². The van der Waals surface area contributed by atoms with Gasteiger partial charge in [0.2, 0.25) is 0 Å². The summed E-state index contributed by atoms with van der Waals surface area (Å²) in [4.78, 5) is 16.1. The van der Waals surface area contributed by atoms with Gasteiger partial charge in [-0.2, -0.15) is 0 Å². The summed E-state index contributed by atoms with van der Waals surface area (Å²) in [7, 11) is 0. The fraction of sp³-hybridized carbons (Fsp3) is 0.250. The Bertz CT molecular complexity index is 550. The third-order valence-corrected chi connectivity index (χ3v) is 2.67. The Morgan fingerprint density at radius 3 is 2.63 bits per heavy atom. The first kappa shape index (κ1) is 13.3. The molecule has 1 aromatic carbocycles. The van der Waals surface area contributed by atoms with Crippen LogP contribution < -0.4 is 0 Å². The van der Waals surface area contributed by atoms with Crippen molar-refractivity contribution < 1.29 is 9.53 Å². The van der Waals surface area contributed by atoms with Gasteiger partial charge in [0.1, 0.15) is 0 Å². The molecule has 1 heterocycles. The van der Waals surface area contributed by atoms with Crippen LogP contribution in [0.5, 0.6) is 0 Å². The van der Waals surface area contributed by atoms with Crippen molar-refractivity contribution in [3.63, 3.8) is 0 Å². The maximum absolute atomic E-state index is 12.1. The van der Waals surface area contributed by atoms with Gasteiger partial charge in [0.25, 0.3) is 0 Å². The zero-order valence-corrected chi connectivity index (χ0v) is 11.2. The lowest BCUT2D eigenvalue weighted by atomic mass is 10.0. The van der Waals surface area contributed by atoms with Crippen molar-refractivity contribution in [3.8, 4) is 11.1 Å². The second-order valence-corrected chi connectivity index (χ2v) is 4.78. The molecule has 19 heavy (non-hydrogen) atoms. The van der Waals surface area contributed by atoms with Gasteiger partial charge in [-0.15, -0.1) is 0 Å². The average molecular weight is 255 g/mol. The van der Waals surface area contributed by atoms with E-state index in [0.29, 0.717) is 18.1 Å². The van der Waals surface area contributed by atoms with Crippen LogP contribution in [0.25, 0.3) is 11.1 Å². The molecule has 3 nitrogen and oxygen atoms in total. The zero-order valence-electron chi connectivity index (χ0n) is 11.2. The van der Waals surface area contributed by atoms with Gasteiger partial charge in [-0.1, -0.05) is 44.2 Å². The van der Waals surface area contributed by atoms with Crippen LogP contribution >= 0.6 is 0 Å². The lowest BCUT2D eigenvalue weighted by Crippen LogP contribution is -2.11.